The van der Waals surface area contributed by atoms with Crippen molar-refractivity contribution in [3.8, 4) is 0 Å². The highest BCUT2D eigenvalue weighted by molar-refractivity contribution is 5.86. The van der Waals surface area contributed by atoms with E-state index in [1.54, 1.807) is 0 Å². The first-order valence-corrected chi connectivity index (χ1v) is 5.93. The first kappa shape index (κ1) is 13.2. The van der Waals surface area contributed by atoms with Crippen molar-refractivity contribution in [3.63, 3.8) is 0 Å². The molecule has 1 aliphatic rings. The number of rotatable bonds is 2. The Morgan fingerprint density at radius 1 is 1.35 bits per heavy atom. The monoisotopic (exact) mass is 284 g/mol. The topological polar surface area (TPSA) is 127 Å². The van der Waals surface area contributed by atoms with Crippen LogP contribution in [0.4, 0.5) is 10.2 Å². The molecule has 1 fully saturated rings. The molecular formula is C11H13FN4O4. The largest absolute Gasteiger partial charge is 0.394 e. The summed E-state index contributed by atoms with van der Waals surface area (Å²) in [5, 5.41) is 28.7. The lowest BCUT2D eigenvalue weighted by molar-refractivity contribution is -0.0510. The number of aliphatic hydroxyl groups is 3. The third-order valence-corrected chi connectivity index (χ3v) is 3.38. The van der Waals surface area contributed by atoms with Gasteiger partial charge in [0.05, 0.1) is 12.0 Å². The van der Waals surface area contributed by atoms with Crippen LogP contribution in [-0.2, 0) is 4.74 Å². The Hall–Kier alpha value is -1.81. The molecule has 0 amide bonds. The third-order valence-electron chi connectivity index (χ3n) is 3.38. The Bertz CT molecular complexity index is 649. The summed E-state index contributed by atoms with van der Waals surface area (Å²) < 4.78 is 20.5. The molecule has 0 spiro atoms. The Balaban J connectivity index is 2.10. The molecule has 0 aliphatic carbocycles. The molecule has 0 saturated carbocycles. The first-order valence-electron chi connectivity index (χ1n) is 5.93. The van der Waals surface area contributed by atoms with Gasteiger partial charge in [0.15, 0.2) is 17.7 Å². The standard InChI is InChI=1S/C11H13FN4O4/c12-4-1-16(10-6(4)9(13)14-3-15-10)11-8(19)7(18)5(2-17)20-11/h1,3,5,7-8,11,17-19H,2H2,(H2,13,14,15)/t5-,7+,8-,11+/m1/s1. The minimum atomic E-state index is -1.32. The van der Waals surface area contributed by atoms with Crippen LogP contribution in [0.1, 0.15) is 6.23 Å². The highest BCUT2D eigenvalue weighted by Crippen LogP contribution is 2.33. The highest BCUT2D eigenvalue weighted by Gasteiger charge is 2.44. The van der Waals surface area contributed by atoms with Gasteiger partial charge in [-0.15, -0.1) is 0 Å². The molecule has 108 valence electrons. The van der Waals surface area contributed by atoms with Crippen molar-refractivity contribution in [2.24, 2.45) is 0 Å². The number of halogens is 1. The van der Waals surface area contributed by atoms with Gasteiger partial charge in [-0.2, -0.15) is 0 Å². The number of nitrogens with two attached hydrogens (primary N) is 1. The lowest BCUT2D eigenvalue weighted by Gasteiger charge is -2.16. The number of nitrogens with zero attached hydrogens (tertiary/aromatic N) is 3. The average molecular weight is 284 g/mol. The molecule has 4 atom stereocenters. The molecule has 9 heteroatoms. The van der Waals surface area contributed by atoms with E-state index < -0.39 is 37.0 Å². The van der Waals surface area contributed by atoms with Crippen LogP contribution < -0.4 is 5.73 Å². The van der Waals surface area contributed by atoms with Gasteiger partial charge in [0.2, 0.25) is 0 Å². The van der Waals surface area contributed by atoms with Crippen molar-refractivity contribution < 1.29 is 24.4 Å². The molecule has 8 nitrogen and oxygen atoms in total. The van der Waals surface area contributed by atoms with E-state index in [1.807, 2.05) is 0 Å². The second-order valence-corrected chi connectivity index (χ2v) is 4.57. The number of aromatic nitrogens is 3. The molecule has 1 aliphatic heterocycles. The van der Waals surface area contributed by atoms with Crippen molar-refractivity contribution in [1.82, 2.24) is 14.5 Å². The van der Waals surface area contributed by atoms with Crippen LogP contribution in [0.5, 0.6) is 0 Å². The SMILES string of the molecule is Nc1ncnc2c1c(F)cn2[C@H]1O[C@H](CO)[C@H](O)[C@H]1O. The maximum atomic E-state index is 13.9. The van der Waals surface area contributed by atoms with E-state index in [4.69, 9.17) is 15.6 Å². The Kier molecular flexibility index (Phi) is 3.05. The summed E-state index contributed by atoms with van der Waals surface area (Å²) in [5.41, 5.74) is 5.73. The molecule has 0 bridgehead atoms. The van der Waals surface area contributed by atoms with E-state index in [9.17, 15) is 14.6 Å². The maximum Gasteiger partial charge on any atom is 0.164 e. The normalized spacial score (nSPS) is 30.2. The summed E-state index contributed by atoms with van der Waals surface area (Å²) in [6.45, 7) is -0.465. The number of ether oxygens (including phenoxy) is 1. The minimum Gasteiger partial charge on any atom is -0.394 e. The predicted molar refractivity (Wildman–Crippen MR) is 64.9 cm³/mol. The van der Waals surface area contributed by atoms with Gasteiger partial charge < -0.3 is 30.4 Å². The van der Waals surface area contributed by atoms with Crippen LogP contribution in [0.15, 0.2) is 12.5 Å². The van der Waals surface area contributed by atoms with Crippen LogP contribution >= 0.6 is 0 Å². The van der Waals surface area contributed by atoms with Crippen molar-refractivity contribution >= 4 is 16.9 Å². The zero-order valence-corrected chi connectivity index (χ0v) is 10.2. The molecule has 0 unspecified atom stereocenters. The van der Waals surface area contributed by atoms with Crippen LogP contribution in [-0.4, -0.2) is 54.8 Å². The summed E-state index contributed by atoms with van der Waals surface area (Å²) >= 11 is 0. The molecule has 5 N–H and O–H groups in total. The zero-order valence-electron chi connectivity index (χ0n) is 10.2. The fourth-order valence-corrected chi connectivity index (χ4v) is 2.37. The Labute approximate surface area is 112 Å². The molecule has 3 heterocycles. The van der Waals surface area contributed by atoms with Gasteiger partial charge >= 0.3 is 0 Å². The van der Waals surface area contributed by atoms with E-state index in [0.717, 1.165) is 12.5 Å². The van der Waals surface area contributed by atoms with Gasteiger partial charge in [0, 0.05) is 6.20 Å². The van der Waals surface area contributed by atoms with E-state index in [2.05, 4.69) is 9.97 Å². The van der Waals surface area contributed by atoms with Gasteiger partial charge in [-0.1, -0.05) is 0 Å². The number of aliphatic hydroxyl groups excluding tert-OH is 3. The van der Waals surface area contributed by atoms with Crippen molar-refractivity contribution in [2.45, 2.75) is 24.5 Å². The lowest BCUT2D eigenvalue weighted by Crippen LogP contribution is -2.33. The molecule has 20 heavy (non-hydrogen) atoms. The van der Waals surface area contributed by atoms with E-state index in [-0.39, 0.29) is 16.9 Å². The maximum absolute atomic E-state index is 13.9. The molecule has 0 aromatic carbocycles. The fraction of sp³-hybridized carbons (Fsp3) is 0.455. The zero-order chi connectivity index (χ0) is 14.4. The van der Waals surface area contributed by atoms with Crippen molar-refractivity contribution in [1.29, 1.82) is 0 Å². The van der Waals surface area contributed by atoms with E-state index >= 15 is 0 Å². The van der Waals surface area contributed by atoms with Crippen LogP contribution in [0, 0.1) is 5.82 Å². The van der Waals surface area contributed by atoms with Crippen LogP contribution in [0.25, 0.3) is 11.0 Å². The van der Waals surface area contributed by atoms with Gasteiger partial charge in [0.25, 0.3) is 0 Å². The minimum absolute atomic E-state index is 0.0187. The van der Waals surface area contributed by atoms with Crippen molar-refractivity contribution in [2.75, 3.05) is 12.3 Å². The smallest absolute Gasteiger partial charge is 0.164 e. The van der Waals surface area contributed by atoms with E-state index in [1.165, 1.54) is 4.57 Å². The molecule has 2 aromatic heterocycles. The Morgan fingerprint density at radius 3 is 2.75 bits per heavy atom. The third kappa shape index (κ3) is 1.75. The van der Waals surface area contributed by atoms with Gasteiger partial charge in [-0.3, -0.25) is 0 Å². The summed E-state index contributed by atoms with van der Waals surface area (Å²) in [5.74, 6) is -0.686. The molecule has 2 aromatic rings. The fourth-order valence-electron chi connectivity index (χ4n) is 2.37. The van der Waals surface area contributed by atoms with Crippen LogP contribution in [0.3, 0.4) is 0 Å². The number of hydrogen-bond donors (Lipinski definition) is 4. The second kappa shape index (κ2) is 4.63. The summed E-state index contributed by atoms with van der Waals surface area (Å²) in [6, 6.07) is 0. The van der Waals surface area contributed by atoms with Crippen LogP contribution in [0.2, 0.25) is 0 Å². The molecule has 3 rings (SSSR count). The quantitative estimate of drug-likeness (QED) is 0.543. The highest BCUT2D eigenvalue weighted by atomic mass is 19.1. The number of anilines is 1. The van der Waals surface area contributed by atoms with Crippen molar-refractivity contribution in [3.05, 3.63) is 18.3 Å². The number of fused-ring (bicyclic) bond motifs is 1. The predicted octanol–water partition coefficient (Wildman–Crippen LogP) is -1.24. The number of nitrogen functional groups attached to an aromatic ring is 1. The summed E-state index contributed by atoms with van der Waals surface area (Å²) in [6.07, 6.45) is -2.38. The molecule has 1 saturated heterocycles. The van der Waals surface area contributed by atoms with E-state index in [0.29, 0.717) is 0 Å². The summed E-state index contributed by atoms with van der Waals surface area (Å²) in [4.78, 5) is 7.61. The molecular weight excluding hydrogens is 271 g/mol. The van der Waals surface area contributed by atoms with Gasteiger partial charge in [-0.25, -0.2) is 14.4 Å². The summed E-state index contributed by atoms with van der Waals surface area (Å²) in [7, 11) is 0. The lowest BCUT2D eigenvalue weighted by atomic mass is 10.1. The average Bonchev–Trinajstić information content (AvgIpc) is 2.90. The van der Waals surface area contributed by atoms with Gasteiger partial charge in [-0.05, 0) is 0 Å². The first-order chi connectivity index (χ1) is 9.54. The molecule has 0 radical (unpaired) electrons. The second-order valence-electron chi connectivity index (χ2n) is 4.57. The van der Waals surface area contributed by atoms with Gasteiger partial charge in [0.1, 0.15) is 30.5 Å². The Morgan fingerprint density at radius 2 is 2.10 bits per heavy atom. The number of hydrogen-bond acceptors (Lipinski definition) is 7.